The molecule has 1 saturated heterocycles. The van der Waals surface area contributed by atoms with Crippen molar-refractivity contribution >= 4 is 40.0 Å². The number of benzene rings is 1. The van der Waals surface area contributed by atoms with Crippen molar-refractivity contribution in [2.45, 2.75) is 30.3 Å². The molecule has 8 heteroatoms. The number of hydrogen-bond acceptors (Lipinski definition) is 7. The molecule has 176 valence electrons. The van der Waals surface area contributed by atoms with E-state index >= 15 is 0 Å². The molecular weight excluding hydrogens is 456 g/mol. The van der Waals surface area contributed by atoms with Gasteiger partial charge in [0.1, 0.15) is 5.75 Å². The average Bonchev–Trinajstić information content (AvgIpc) is 3.35. The van der Waals surface area contributed by atoms with Crippen LogP contribution in [-0.2, 0) is 4.79 Å². The maximum atomic E-state index is 12.0. The molecule has 4 rings (SSSR count). The van der Waals surface area contributed by atoms with Crippen LogP contribution in [-0.4, -0.2) is 58.6 Å². The first-order chi connectivity index (χ1) is 16.0. The van der Waals surface area contributed by atoms with E-state index in [1.165, 1.54) is 4.90 Å². The van der Waals surface area contributed by atoms with E-state index in [4.69, 9.17) is 4.74 Å². The lowest BCUT2D eigenvalue weighted by atomic mass is 9.81. The number of nitrogens with zero attached hydrogens (tertiary/aromatic N) is 2. The first-order valence-corrected chi connectivity index (χ1v) is 13.2. The van der Waals surface area contributed by atoms with Gasteiger partial charge in [-0.25, -0.2) is 0 Å². The first-order valence-electron chi connectivity index (χ1n) is 11.3. The molecule has 0 bridgehead atoms. The number of likely N-dealkylation sites (tertiary alicyclic amines) is 1. The van der Waals surface area contributed by atoms with Gasteiger partial charge in [0.15, 0.2) is 0 Å². The van der Waals surface area contributed by atoms with E-state index in [-0.39, 0.29) is 5.92 Å². The summed E-state index contributed by atoms with van der Waals surface area (Å²) in [5.74, 6) is 0.625. The number of carboxylic acid groups (broad SMARTS) is 1. The largest absolute Gasteiger partial charge is 0.497 e. The van der Waals surface area contributed by atoms with Crippen molar-refractivity contribution in [1.29, 1.82) is 0 Å². The molecule has 0 aliphatic carbocycles. The molecule has 6 nitrogen and oxygen atoms in total. The van der Waals surface area contributed by atoms with Crippen molar-refractivity contribution in [2.75, 3.05) is 32.5 Å². The van der Waals surface area contributed by atoms with Gasteiger partial charge in [0, 0.05) is 40.7 Å². The number of carbonyl (C=O) groups is 1. The second-order valence-electron chi connectivity index (χ2n) is 8.48. The summed E-state index contributed by atoms with van der Waals surface area (Å²) in [4.78, 5) is 19.9. The molecule has 2 aromatic heterocycles. The molecule has 1 aromatic carbocycles. The quantitative estimate of drug-likeness (QED) is 0.393. The van der Waals surface area contributed by atoms with Crippen molar-refractivity contribution in [1.82, 2.24) is 9.88 Å². The van der Waals surface area contributed by atoms with Gasteiger partial charge in [-0.05, 0) is 73.0 Å². The first kappa shape index (κ1) is 24.0. The standard InChI is InChI=1S/C25H30N2O4S2/c1-31-18-3-4-23-21(14-18)20(6-9-26-23)24(28)5-2-17-7-10-27(15-22(17)25(29)30)11-13-33-19-8-12-32-16-19/h3-4,6,8-9,12,14,16-17,22,24,28H,2,5,7,10-11,13,15H2,1H3,(H,29,30)/t17-,22+,24+/m1/s1. The Bertz CT molecular complexity index is 1060. The summed E-state index contributed by atoms with van der Waals surface area (Å²) >= 11 is 3.52. The maximum absolute atomic E-state index is 12.0. The minimum atomic E-state index is -0.733. The van der Waals surface area contributed by atoms with Gasteiger partial charge in [-0.15, -0.1) is 11.8 Å². The lowest BCUT2D eigenvalue weighted by Gasteiger charge is -2.36. The zero-order valence-electron chi connectivity index (χ0n) is 18.7. The van der Waals surface area contributed by atoms with E-state index < -0.39 is 18.0 Å². The van der Waals surface area contributed by atoms with Crippen LogP contribution in [0.5, 0.6) is 5.75 Å². The van der Waals surface area contributed by atoms with Crippen LogP contribution in [0.4, 0.5) is 0 Å². The zero-order valence-corrected chi connectivity index (χ0v) is 20.4. The molecular formula is C25H30N2O4S2. The van der Waals surface area contributed by atoms with Crippen LogP contribution in [0, 0.1) is 11.8 Å². The van der Waals surface area contributed by atoms with Crippen molar-refractivity contribution in [3.05, 3.63) is 52.9 Å². The Morgan fingerprint density at radius 1 is 1.36 bits per heavy atom. The molecule has 0 amide bonds. The topological polar surface area (TPSA) is 82.9 Å². The summed E-state index contributed by atoms with van der Waals surface area (Å²) in [6, 6.07) is 9.60. The lowest BCUT2D eigenvalue weighted by Crippen LogP contribution is -2.44. The number of aliphatic hydroxyl groups excluding tert-OH is 1. The van der Waals surface area contributed by atoms with Crippen LogP contribution >= 0.6 is 23.1 Å². The fraction of sp³-hybridized carbons (Fsp3) is 0.440. The number of aliphatic hydroxyl groups is 1. The van der Waals surface area contributed by atoms with E-state index in [1.54, 1.807) is 24.6 Å². The fourth-order valence-electron chi connectivity index (χ4n) is 4.61. The number of aliphatic carboxylic acids is 1. The van der Waals surface area contributed by atoms with Gasteiger partial charge in [0.2, 0.25) is 0 Å². The van der Waals surface area contributed by atoms with E-state index in [1.807, 2.05) is 36.0 Å². The Morgan fingerprint density at radius 2 is 2.24 bits per heavy atom. The second kappa shape index (κ2) is 11.3. The second-order valence-corrected chi connectivity index (χ2v) is 10.4. The van der Waals surface area contributed by atoms with Gasteiger partial charge < -0.3 is 19.8 Å². The predicted molar refractivity (Wildman–Crippen MR) is 133 cm³/mol. The molecule has 3 aromatic rings. The number of pyridine rings is 1. The molecule has 33 heavy (non-hydrogen) atoms. The summed E-state index contributed by atoms with van der Waals surface area (Å²) in [6.45, 7) is 2.38. The average molecular weight is 487 g/mol. The highest BCUT2D eigenvalue weighted by molar-refractivity contribution is 7.99. The summed E-state index contributed by atoms with van der Waals surface area (Å²) in [6.07, 6.45) is 3.09. The highest BCUT2D eigenvalue weighted by Gasteiger charge is 2.34. The fourth-order valence-corrected chi connectivity index (χ4v) is 6.41. The Labute approximate surface area is 202 Å². The molecule has 0 saturated carbocycles. The minimum absolute atomic E-state index is 0.0700. The summed E-state index contributed by atoms with van der Waals surface area (Å²) < 4.78 is 5.33. The van der Waals surface area contributed by atoms with Gasteiger partial charge >= 0.3 is 5.97 Å². The molecule has 0 radical (unpaired) electrons. The third-order valence-electron chi connectivity index (χ3n) is 6.48. The Hall–Kier alpha value is -2.13. The molecule has 2 N–H and O–H groups in total. The number of hydrogen-bond donors (Lipinski definition) is 2. The summed E-state index contributed by atoms with van der Waals surface area (Å²) in [5.41, 5.74) is 1.62. The van der Waals surface area contributed by atoms with Crippen molar-refractivity contribution < 1.29 is 19.7 Å². The third-order valence-corrected chi connectivity index (χ3v) is 8.29. The van der Waals surface area contributed by atoms with Crippen molar-refractivity contribution in [3.8, 4) is 5.75 Å². The number of methoxy groups -OCH3 is 1. The molecule has 1 aliphatic rings. The smallest absolute Gasteiger partial charge is 0.308 e. The number of thioether (sulfide) groups is 1. The number of piperidine rings is 1. The highest BCUT2D eigenvalue weighted by Crippen LogP contribution is 2.34. The summed E-state index contributed by atoms with van der Waals surface area (Å²) in [5, 5.41) is 25.9. The normalized spacial score (nSPS) is 20.1. The highest BCUT2D eigenvalue weighted by atomic mass is 32.2. The number of fused-ring (bicyclic) bond motifs is 1. The number of aromatic nitrogens is 1. The number of carboxylic acids is 1. The van der Waals surface area contributed by atoms with Gasteiger partial charge in [-0.2, -0.15) is 11.3 Å². The molecule has 3 heterocycles. The van der Waals surface area contributed by atoms with Crippen LogP contribution in [0.3, 0.4) is 0 Å². The molecule has 1 aliphatic heterocycles. The van der Waals surface area contributed by atoms with E-state index in [0.29, 0.717) is 19.4 Å². The zero-order chi connectivity index (χ0) is 23.2. The van der Waals surface area contributed by atoms with E-state index in [9.17, 15) is 15.0 Å². The van der Waals surface area contributed by atoms with Crippen LogP contribution < -0.4 is 4.74 Å². The third kappa shape index (κ3) is 6.06. The van der Waals surface area contributed by atoms with Gasteiger partial charge in [-0.1, -0.05) is 0 Å². The van der Waals surface area contributed by atoms with Crippen LogP contribution in [0.2, 0.25) is 0 Å². The van der Waals surface area contributed by atoms with E-state index in [2.05, 4.69) is 26.7 Å². The van der Waals surface area contributed by atoms with Gasteiger partial charge in [0.05, 0.1) is 24.6 Å². The van der Waals surface area contributed by atoms with Gasteiger partial charge in [-0.3, -0.25) is 9.78 Å². The molecule has 1 fully saturated rings. The van der Waals surface area contributed by atoms with Crippen LogP contribution in [0.1, 0.15) is 30.9 Å². The van der Waals surface area contributed by atoms with Crippen molar-refractivity contribution in [3.63, 3.8) is 0 Å². The lowest BCUT2D eigenvalue weighted by molar-refractivity contribution is -0.146. The number of rotatable bonds is 10. The van der Waals surface area contributed by atoms with Crippen LogP contribution in [0.15, 0.2) is 52.2 Å². The maximum Gasteiger partial charge on any atom is 0.308 e. The minimum Gasteiger partial charge on any atom is -0.497 e. The SMILES string of the molecule is COc1ccc2nccc([C@@H](O)CC[C@@H]3CCN(CCSc4ccsc4)C[C@@H]3C(=O)O)c2c1. The monoisotopic (exact) mass is 486 g/mol. The number of thiophene rings is 1. The Kier molecular flexibility index (Phi) is 8.25. The van der Waals surface area contributed by atoms with Crippen LogP contribution in [0.25, 0.3) is 10.9 Å². The van der Waals surface area contributed by atoms with E-state index in [0.717, 1.165) is 47.5 Å². The predicted octanol–water partition coefficient (Wildman–Crippen LogP) is 4.93. The number of ether oxygens (including phenoxy) is 1. The molecule has 3 atom stereocenters. The summed E-state index contributed by atoms with van der Waals surface area (Å²) in [7, 11) is 1.62. The van der Waals surface area contributed by atoms with Gasteiger partial charge in [0.25, 0.3) is 0 Å². The van der Waals surface area contributed by atoms with Crippen molar-refractivity contribution in [2.24, 2.45) is 11.8 Å². The molecule has 0 unspecified atom stereocenters. The Balaban J connectivity index is 1.34. The Morgan fingerprint density at radius 3 is 3.00 bits per heavy atom. The molecule has 0 spiro atoms.